The molecular weight excluding hydrogens is 400 g/mol. The first kappa shape index (κ1) is 16.0. The summed E-state index contributed by atoms with van der Waals surface area (Å²) < 4.78 is 2.67. The van der Waals surface area contributed by atoms with Gasteiger partial charge in [0.1, 0.15) is 5.69 Å². The maximum absolute atomic E-state index is 11.8. The smallest absolute Gasteiger partial charge is 0.286 e. The highest BCUT2D eigenvalue weighted by molar-refractivity contribution is 9.10. The number of hydrogen-bond donors (Lipinski definition) is 3. The van der Waals surface area contributed by atoms with Crippen LogP contribution >= 0.6 is 39.0 Å². The van der Waals surface area contributed by atoms with Crippen LogP contribution in [0.25, 0.3) is 10.2 Å². The van der Waals surface area contributed by atoms with E-state index in [1.54, 1.807) is 12.3 Å². The molecule has 1 aromatic carbocycles. The molecule has 9 heteroatoms. The Morgan fingerprint density at radius 1 is 1.30 bits per heavy atom. The number of nitrogens with one attached hydrogen (secondary N) is 3. The van der Waals surface area contributed by atoms with Crippen LogP contribution < -0.4 is 10.9 Å². The highest BCUT2D eigenvalue weighted by Crippen LogP contribution is 2.28. The minimum atomic E-state index is -0.408. The fourth-order valence-corrected chi connectivity index (χ4v) is 3.98. The Kier molecular flexibility index (Phi) is 4.99. The average Bonchev–Trinajstić information content (AvgIpc) is 3.16. The molecule has 0 saturated carbocycles. The number of hydrazine groups is 1. The Hall–Kier alpha value is -1.84. The molecule has 3 rings (SSSR count). The van der Waals surface area contributed by atoms with E-state index in [1.807, 2.05) is 24.3 Å². The normalized spacial score (nSPS) is 10.7. The average molecular weight is 411 g/mol. The number of aromatic nitrogens is 2. The van der Waals surface area contributed by atoms with Gasteiger partial charge in [-0.1, -0.05) is 23.9 Å². The lowest BCUT2D eigenvalue weighted by Gasteiger charge is -2.05. The van der Waals surface area contributed by atoms with Gasteiger partial charge in [0, 0.05) is 10.7 Å². The summed E-state index contributed by atoms with van der Waals surface area (Å²) >= 11 is 6.11. The molecule has 0 unspecified atom stereocenters. The summed E-state index contributed by atoms with van der Waals surface area (Å²) in [6.07, 6.45) is 1.64. The van der Waals surface area contributed by atoms with Gasteiger partial charge in [0.2, 0.25) is 5.91 Å². The quantitative estimate of drug-likeness (QED) is 0.455. The molecule has 0 bridgehead atoms. The van der Waals surface area contributed by atoms with Gasteiger partial charge in [-0.15, -0.1) is 11.3 Å². The van der Waals surface area contributed by atoms with E-state index in [2.05, 4.69) is 36.7 Å². The van der Waals surface area contributed by atoms with Crippen molar-refractivity contribution in [1.29, 1.82) is 0 Å². The van der Waals surface area contributed by atoms with E-state index in [9.17, 15) is 9.59 Å². The number of benzene rings is 1. The molecule has 2 aromatic heterocycles. The summed E-state index contributed by atoms with van der Waals surface area (Å²) in [5.41, 5.74) is 6.01. The van der Waals surface area contributed by atoms with E-state index in [-0.39, 0.29) is 11.7 Å². The van der Waals surface area contributed by atoms with Gasteiger partial charge in [-0.2, -0.15) is 0 Å². The van der Waals surface area contributed by atoms with Crippen molar-refractivity contribution in [3.63, 3.8) is 0 Å². The van der Waals surface area contributed by atoms with Crippen LogP contribution in [0.2, 0.25) is 0 Å². The summed E-state index contributed by atoms with van der Waals surface area (Å²) in [5.74, 6) is -0.531. The van der Waals surface area contributed by atoms with Crippen LogP contribution in [-0.2, 0) is 4.79 Å². The summed E-state index contributed by atoms with van der Waals surface area (Å²) in [5, 5.41) is 0. The number of fused-ring (bicyclic) bond motifs is 1. The third kappa shape index (κ3) is 4.12. The van der Waals surface area contributed by atoms with Crippen LogP contribution in [0, 0.1) is 0 Å². The minimum absolute atomic E-state index is 0.175. The third-order valence-corrected chi connectivity index (χ3v) is 5.45. The highest BCUT2D eigenvalue weighted by Gasteiger charge is 2.10. The maximum atomic E-state index is 11.8. The predicted molar refractivity (Wildman–Crippen MR) is 94.4 cm³/mol. The molecule has 0 saturated heterocycles. The third-order valence-electron chi connectivity index (χ3n) is 2.81. The molecule has 0 spiro atoms. The zero-order chi connectivity index (χ0) is 16.2. The highest BCUT2D eigenvalue weighted by atomic mass is 79.9. The van der Waals surface area contributed by atoms with Gasteiger partial charge in [-0.3, -0.25) is 20.4 Å². The number of thiazole rings is 1. The van der Waals surface area contributed by atoms with Gasteiger partial charge in [0.25, 0.3) is 5.91 Å². The van der Waals surface area contributed by atoms with Crippen LogP contribution in [-0.4, -0.2) is 27.5 Å². The van der Waals surface area contributed by atoms with Crippen LogP contribution in [0.15, 0.2) is 45.3 Å². The molecule has 0 aliphatic rings. The molecule has 23 heavy (non-hydrogen) atoms. The molecular formula is C14H11BrN4O2S2. The zero-order valence-electron chi connectivity index (χ0n) is 11.6. The Morgan fingerprint density at radius 2 is 2.13 bits per heavy atom. The number of aromatic amines is 1. The standard InChI is InChI=1S/C14H11BrN4O2S2/c15-8-5-10(16-6-8)13(21)19-18-12(20)7-22-14-17-9-3-1-2-4-11(9)23-14/h1-6,16H,7H2,(H,18,20)(H,19,21). The van der Waals surface area contributed by atoms with Gasteiger partial charge in [-0.05, 0) is 34.1 Å². The largest absolute Gasteiger partial charge is 0.356 e. The second-order valence-corrected chi connectivity index (χ2v) is 7.64. The monoisotopic (exact) mass is 410 g/mol. The van der Waals surface area contributed by atoms with Crippen LogP contribution in [0.3, 0.4) is 0 Å². The van der Waals surface area contributed by atoms with Crippen molar-refractivity contribution in [2.24, 2.45) is 0 Å². The Morgan fingerprint density at radius 3 is 2.87 bits per heavy atom. The minimum Gasteiger partial charge on any atom is -0.356 e. The lowest BCUT2D eigenvalue weighted by atomic mass is 10.3. The van der Waals surface area contributed by atoms with E-state index in [1.165, 1.54) is 23.1 Å². The van der Waals surface area contributed by atoms with Crippen molar-refractivity contribution < 1.29 is 9.59 Å². The molecule has 118 valence electrons. The number of carbonyl (C=O) groups excluding carboxylic acids is 2. The second kappa shape index (κ2) is 7.16. The topological polar surface area (TPSA) is 86.9 Å². The van der Waals surface area contributed by atoms with E-state index < -0.39 is 5.91 Å². The van der Waals surface area contributed by atoms with Crippen molar-refractivity contribution in [3.8, 4) is 0 Å². The van der Waals surface area contributed by atoms with Gasteiger partial charge in [-0.25, -0.2) is 4.98 Å². The summed E-state index contributed by atoms with van der Waals surface area (Å²) in [6.45, 7) is 0. The Labute approximate surface area is 148 Å². The molecule has 0 aliphatic carbocycles. The lowest BCUT2D eigenvalue weighted by Crippen LogP contribution is -2.42. The number of hydrogen-bond acceptors (Lipinski definition) is 5. The fourth-order valence-electron chi connectivity index (χ4n) is 1.77. The first-order valence-corrected chi connectivity index (χ1v) is 9.13. The molecule has 6 nitrogen and oxygen atoms in total. The van der Waals surface area contributed by atoms with Crippen molar-refractivity contribution in [2.45, 2.75) is 4.34 Å². The van der Waals surface area contributed by atoms with Crippen molar-refractivity contribution in [3.05, 3.63) is 46.7 Å². The number of carbonyl (C=O) groups is 2. The van der Waals surface area contributed by atoms with Crippen LogP contribution in [0.1, 0.15) is 10.5 Å². The number of nitrogens with zero attached hydrogens (tertiary/aromatic N) is 1. The lowest BCUT2D eigenvalue weighted by molar-refractivity contribution is -0.119. The Balaban J connectivity index is 1.48. The second-order valence-electron chi connectivity index (χ2n) is 4.47. The van der Waals surface area contributed by atoms with Crippen molar-refractivity contribution in [2.75, 3.05) is 5.75 Å². The van der Waals surface area contributed by atoms with Crippen LogP contribution in [0.4, 0.5) is 0 Å². The molecule has 3 N–H and O–H groups in total. The molecule has 2 heterocycles. The van der Waals surface area contributed by atoms with Crippen molar-refractivity contribution in [1.82, 2.24) is 20.8 Å². The predicted octanol–water partition coefficient (Wildman–Crippen LogP) is 2.94. The first-order chi connectivity index (χ1) is 11.1. The molecule has 0 fully saturated rings. The number of para-hydroxylation sites is 1. The molecule has 0 aliphatic heterocycles. The number of amides is 2. The number of thioether (sulfide) groups is 1. The van der Waals surface area contributed by atoms with Crippen molar-refractivity contribution >= 4 is 61.1 Å². The van der Waals surface area contributed by atoms with Crippen LogP contribution in [0.5, 0.6) is 0 Å². The van der Waals surface area contributed by atoms with E-state index in [4.69, 9.17) is 0 Å². The fraction of sp³-hybridized carbons (Fsp3) is 0.0714. The van der Waals surface area contributed by atoms with Gasteiger partial charge < -0.3 is 4.98 Å². The summed E-state index contributed by atoms with van der Waals surface area (Å²) in [6, 6.07) is 9.43. The number of halogens is 1. The summed E-state index contributed by atoms with van der Waals surface area (Å²) in [4.78, 5) is 30.8. The number of H-pyrrole nitrogens is 1. The first-order valence-electron chi connectivity index (χ1n) is 6.53. The Bertz CT molecular complexity index is 828. The molecule has 0 atom stereocenters. The molecule has 3 aromatic rings. The zero-order valence-corrected chi connectivity index (χ0v) is 14.8. The van der Waals surface area contributed by atoms with E-state index in [0.29, 0.717) is 5.69 Å². The van der Waals surface area contributed by atoms with Gasteiger partial charge in [0.15, 0.2) is 4.34 Å². The SMILES string of the molecule is O=C(CSc1nc2ccccc2s1)NNC(=O)c1cc(Br)c[nH]1. The molecule has 0 radical (unpaired) electrons. The van der Waals surface area contributed by atoms with Gasteiger partial charge in [0.05, 0.1) is 16.0 Å². The number of rotatable bonds is 4. The van der Waals surface area contributed by atoms with Gasteiger partial charge >= 0.3 is 0 Å². The van der Waals surface area contributed by atoms with E-state index >= 15 is 0 Å². The summed E-state index contributed by atoms with van der Waals surface area (Å²) in [7, 11) is 0. The maximum Gasteiger partial charge on any atom is 0.286 e. The van der Waals surface area contributed by atoms with E-state index in [0.717, 1.165) is 19.0 Å². The molecule has 2 amide bonds.